The molecule has 0 bridgehead atoms. The fraction of sp³-hybridized carbons (Fsp3) is 0.250. The van der Waals surface area contributed by atoms with Crippen LogP contribution in [0.15, 0.2) is 21.5 Å². The van der Waals surface area contributed by atoms with E-state index in [-0.39, 0.29) is 0 Å². The summed E-state index contributed by atoms with van der Waals surface area (Å²) in [4.78, 5) is 0.923. The number of hydrogen-bond donors (Lipinski definition) is 1. The van der Waals surface area contributed by atoms with E-state index >= 15 is 0 Å². The van der Waals surface area contributed by atoms with Crippen molar-refractivity contribution in [3.05, 3.63) is 22.2 Å². The SMILES string of the molecule is Sc1cc(Br)cc2c1OCC2. The summed E-state index contributed by atoms with van der Waals surface area (Å²) in [5.74, 6) is 0.955. The van der Waals surface area contributed by atoms with Gasteiger partial charge in [0.1, 0.15) is 5.75 Å². The Morgan fingerprint density at radius 3 is 3.09 bits per heavy atom. The van der Waals surface area contributed by atoms with Gasteiger partial charge in [0.05, 0.1) is 6.61 Å². The molecule has 0 aliphatic carbocycles. The summed E-state index contributed by atoms with van der Waals surface area (Å²) >= 11 is 7.71. The molecule has 0 radical (unpaired) electrons. The smallest absolute Gasteiger partial charge is 0.135 e. The number of halogens is 1. The molecule has 0 aromatic heterocycles. The lowest BCUT2D eigenvalue weighted by atomic mass is 10.2. The molecule has 2 rings (SSSR count). The molecule has 1 aliphatic rings. The highest BCUT2D eigenvalue weighted by molar-refractivity contribution is 9.10. The molecule has 1 aromatic rings. The number of hydrogen-bond acceptors (Lipinski definition) is 2. The van der Waals surface area contributed by atoms with Gasteiger partial charge in [0.25, 0.3) is 0 Å². The minimum Gasteiger partial charge on any atom is -0.492 e. The van der Waals surface area contributed by atoms with E-state index in [2.05, 4.69) is 34.6 Å². The quantitative estimate of drug-likeness (QED) is 0.675. The van der Waals surface area contributed by atoms with Crippen LogP contribution in [0.1, 0.15) is 5.56 Å². The second kappa shape index (κ2) is 2.72. The molecule has 0 atom stereocenters. The highest BCUT2D eigenvalue weighted by Crippen LogP contribution is 2.34. The lowest BCUT2D eigenvalue weighted by Gasteiger charge is -2.02. The fourth-order valence-corrected chi connectivity index (χ4v) is 2.28. The molecule has 1 heterocycles. The summed E-state index contributed by atoms with van der Waals surface area (Å²) in [6.45, 7) is 0.791. The molecule has 0 amide bonds. The molecule has 0 saturated heterocycles. The van der Waals surface area contributed by atoms with Crippen molar-refractivity contribution in [2.24, 2.45) is 0 Å². The lowest BCUT2D eigenvalue weighted by Crippen LogP contribution is -1.86. The van der Waals surface area contributed by atoms with Crippen LogP contribution in [0.25, 0.3) is 0 Å². The van der Waals surface area contributed by atoms with E-state index in [9.17, 15) is 0 Å². The summed E-state index contributed by atoms with van der Waals surface area (Å²) in [6, 6.07) is 4.04. The second-order valence-electron chi connectivity index (χ2n) is 2.51. The number of rotatable bonds is 0. The molecule has 1 aromatic carbocycles. The Morgan fingerprint density at radius 1 is 1.45 bits per heavy atom. The van der Waals surface area contributed by atoms with Crippen molar-refractivity contribution in [2.75, 3.05) is 6.61 Å². The van der Waals surface area contributed by atoms with Crippen LogP contribution >= 0.6 is 28.6 Å². The van der Waals surface area contributed by atoms with Crippen LogP contribution in [0, 0.1) is 0 Å². The molecule has 1 aliphatic heterocycles. The van der Waals surface area contributed by atoms with E-state index in [1.807, 2.05) is 6.07 Å². The lowest BCUT2D eigenvalue weighted by molar-refractivity contribution is 0.350. The zero-order chi connectivity index (χ0) is 7.84. The van der Waals surface area contributed by atoms with Crippen molar-refractivity contribution in [3.8, 4) is 5.75 Å². The van der Waals surface area contributed by atoms with E-state index in [4.69, 9.17) is 4.74 Å². The average molecular weight is 231 g/mol. The van der Waals surface area contributed by atoms with Gasteiger partial charge < -0.3 is 4.74 Å². The molecule has 0 N–H and O–H groups in total. The van der Waals surface area contributed by atoms with Gasteiger partial charge in [-0.05, 0) is 17.7 Å². The number of benzene rings is 1. The number of ether oxygens (including phenoxy) is 1. The van der Waals surface area contributed by atoms with Gasteiger partial charge in [-0.25, -0.2) is 0 Å². The highest BCUT2D eigenvalue weighted by atomic mass is 79.9. The molecule has 0 spiro atoms. The molecule has 11 heavy (non-hydrogen) atoms. The molecule has 58 valence electrons. The van der Waals surface area contributed by atoms with E-state index in [1.165, 1.54) is 5.56 Å². The fourth-order valence-electron chi connectivity index (χ4n) is 1.25. The first kappa shape index (κ1) is 7.50. The van der Waals surface area contributed by atoms with Gasteiger partial charge in [-0.15, -0.1) is 12.6 Å². The predicted octanol–water partition coefficient (Wildman–Crippen LogP) is 2.67. The Morgan fingerprint density at radius 2 is 2.27 bits per heavy atom. The minimum atomic E-state index is 0.791. The van der Waals surface area contributed by atoms with Crippen LogP contribution in [0.3, 0.4) is 0 Å². The highest BCUT2D eigenvalue weighted by Gasteiger charge is 2.14. The van der Waals surface area contributed by atoms with Gasteiger partial charge in [0.2, 0.25) is 0 Å². The zero-order valence-corrected chi connectivity index (χ0v) is 8.28. The van der Waals surface area contributed by atoms with E-state index in [0.717, 1.165) is 28.1 Å². The van der Waals surface area contributed by atoms with Crippen molar-refractivity contribution in [1.82, 2.24) is 0 Å². The Labute approximate surface area is 79.3 Å². The van der Waals surface area contributed by atoms with Crippen molar-refractivity contribution in [3.63, 3.8) is 0 Å². The third-order valence-corrected chi connectivity index (χ3v) is 2.52. The van der Waals surface area contributed by atoms with Gasteiger partial charge in [-0.2, -0.15) is 0 Å². The predicted molar refractivity (Wildman–Crippen MR) is 50.6 cm³/mol. The maximum absolute atomic E-state index is 5.39. The van der Waals surface area contributed by atoms with Crippen LogP contribution in [0.4, 0.5) is 0 Å². The van der Waals surface area contributed by atoms with Crippen molar-refractivity contribution in [2.45, 2.75) is 11.3 Å². The Bertz CT molecular complexity index is 298. The molecular weight excluding hydrogens is 224 g/mol. The monoisotopic (exact) mass is 230 g/mol. The van der Waals surface area contributed by atoms with Crippen LogP contribution in [0.2, 0.25) is 0 Å². The summed E-state index contributed by atoms with van der Waals surface area (Å²) in [7, 11) is 0. The first-order valence-electron chi connectivity index (χ1n) is 3.41. The van der Waals surface area contributed by atoms with E-state index in [1.54, 1.807) is 0 Å². The van der Waals surface area contributed by atoms with E-state index in [0.29, 0.717) is 0 Å². The molecular formula is C8H7BrOS. The van der Waals surface area contributed by atoms with Crippen molar-refractivity contribution in [1.29, 1.82) is 0 Å². The van der Waals surface area contributed by atoms with Crippen LogP contribution in [-0.2, 0) is 6.42 Å². The van der Waals surface area contributed by atoms with Crippen LogP contribution < -0.4 is 4.74 Å². The summed E-state index contributed by atoms with van der Waals surface area (Å²) in [6.07, 6.45) is 1.00. The van der Waals surface area contributed by atoms with Gasteiger partial charge >= 0.3 is 0 Å². The maximum atomic E-state index is 5.39. The maximum Gasteiger partial charge on any atom is 0.135 e. The second-order valence-corrected chi connectivity index (χ2v) is 3.91. The first-order valence-corrected chi connectivity index (χ1v) is 4.65. The first-order chi connectivity index (χ1) is 5.27. The van der Waals surface area contributed by atoms with Crippen molar-refractivity contribution < 1.29 is 4.74 Å². The minimum absolute atomic E-state index is 0.791. The third kappa shape index (κ3) is 1.27. The Hall–Kier alpha value is -0.150. The number of fused-ring (bicyclic) bond motifs is 1. The average Bonchev–Trinajstić information content (AvgIpc) is 2.34. The third-order valence-electron chi connectivity index (χ3n) is 1.73. The molecule has 1 nitrogen and oxygen atoms in total. The standard InChI is InChI=1S/C8H7BrOS/c9-6-3-5-1-2-10-8(5)7(11)4-6/h3-4,11H,1-2H2. The number of thiol groups is 1. The molecule has 0 saturated carbocycles. The van der Waals surface area contributed by atoms with Gasteiger partial charge in [-0.3, -0.25) is 0 Å². The Kier molecular flexibility index (Phi) is 1.85. The zero-order valence-electron chi connectivity index (χ0n) is 5.80. The summed E-state index contributed by atoms with van der Waals surface area (Å²) in [5, 5.41) is 0. The van der Waals surface area contributed by atoms with Crippen molar-refractivity contribution >= 4 is 28.6 Å². The summed E-state index contributed by atoms with van der Waals surface area (Å²) < 4.78 is 6.46. The Balaban J connectivity index is 2.60. The van der Waals surface area contributed by atoms with Crippen LogP contribution in [-0.4, -0.2) is 6.61 Å². The van der Waals surface area contributed by atoms with Crippen LogP contribution in [0.5, 0.6) is 5.75 Å². The molecule has 0 unspecified atom stereocenters. The normalized spacial score (nSPS) is 14.4. The summed E-state index contributed by atoms with van der Waals surface area (Å²) in [5.41, 5.74) is 1.25. The van der Waals surface area contributed by atoms with E-state index < -0.39 is 0 Å². The molecule has 0 fully saturated rings. The largest absolute Gasteiger partial charge is 0.492 e. The van der Waals surface area contributed by atoms with Gasteiger partial charge in [0.15, 0.2) is 0 Å². The topological polar surface area (TPSA) is 9.23 Å². The van der Waals surface area contributed by atoms with Gasteiger partial charge in [-0.1, -0.05) is 15.9 Å². The molecule has 3 heteroatoms. The van der Waals surface area contributed by atoms with Gasteiger partial charge in [0, 0.05) is 15.8 Å².